The van der Waals surface area contributed by atoms with Crippen LogP contribution >= 0.6 is 0 Å². The number of halogens is 1. The first-order valence-electron chi connectivity index (χ1n) is 7.68. The smallest absolute Gasteiger partial charge is 0.335 e. The molecule has 2 aromatic carbocycles. The highest BCUT2D eigenvalue weighted by atomic mass is 19.1. The number of nitrogens with zero attached hydrogens (tertiary/aromatic N) is 2. The van der Waals surface area contributed by atoms with Crippen LogP contribution in [0.2, 0.25) is 0 Å². The van der Waals surface area contributed by atoms with Crippen molar-refractivity contribution in [2.75, 3.05) is 31.1 Å². The number of anilines is 1. The number of amides is 1. The van der Waals surface area contributed by atoms with Gasteiger partial charge in [-0.15, -0.1) is 0 Å². The molecule has 1 N–H and O–H groups in total. The van der Waals surface area contributed by atoms with Gasteiger partial charge in [-0.2, -0.15) is 0 Å². The maximum Gasteiger partial charge on any atom is 0.335 e. The molecule has 124 valence electrons. The Kier molecular flexibility index (Phi) is 4.46. The minimum Gasteiger partial charge on any atom is -0.478 e. The summed E-state index contributed by atoms with van der Waals surface area (Å²) in [7, 11) is 0. The van der Waals surface area contributed by atoms with Gasteiger partial charge in [-0.05, 0) is 36.4 Å². The molecule has 1 aliphatic rings. The van der Waals surface area contributed by atoms with Crippen molar-refractivity contribution in [1.82, 2.24) is 4.90 Å². The summed E-state index contributed by atoms with van der Waals surface area (Å²) in [5.74, 6) is -1.42. The fourth-order valence-electron chi connectivity index (χ4n) is 2.80. The molecule has 0 bridgehead atoms. The standard InChI is InChI=1S/C18H17FN2O3/c19-15-3-1-2-4-16(15)20-9-11-21(12-10-20)17(22)13-5-7-14(8-6-13)18(23)24/h1-8H,9-12H2,(H,23,24). The average Bonchev–Trinajstić information content (AvgIpc) is 2.62. The van der Waals surface area contributed by atoms with Gasteiger partial charge in [-0.3, -0.25) is 4.79 Å². The van der Waals surface area contributed by atoms with E-state index in [1.807, 2.05) is 4.90 Å². The van der Waals surface area contributed by atoms with Crippen LogP contribution in [0.15, 0.2) is 48.5 Å². The highest BCUT2D eigenvalue weighted by molar-refractivity contribution is 5.96. The number of hydrogen-bond donors (Lipinski definition) is 1. The molecule has 0 aromatic heterocycles. The molecule has 2 aromatic rings. The van der Waals surface area contributed by atoms with Crippen LogP contribution in [0.3, 0.4) is 0 Å². The van der Waals surface area contributed by atoms with Gasteiger partial charge in [-0.1, -0.05) is 12.1 Å². The molecule has 0 saturated carbocycles. The Hall–Kier alpha value is -2.89. The minimum atomic E-state index is -1.02. The van der Waals surface area contributed by atoms with E-state index in [9.17, 15) is 14.0 Å². The van der Waals surface area contributed by atoms with E-state index >= 15 is 0 Å². The zero-order chi connectivity index (χ0) is 17.1. The summed E-state index contributed by atoms with van der Waals surface area (Å²) in [6, 6.07) is 12.5. The van der Waals surface area contributed by atoms with Crippen LogP contribution in [0.25, 0.3) is 0 Å². The molecule has 1 fully saturated rings. The van der Waals surface area contributed by atoms with Crippen LogP contribution in [-0.2, 0) is 0 Å². The Morgan fingerprint density at radius 2 is 1.46 bits per heavy atom. The number of carboxylic acid groups (broad SMARTS) is 1. The summed E-state index contributed by atoms with van der Waals surface area (Å²) in [4.78, 5) is 27.0. The van der Waals surface area contributed by atoms with Gasteiger partial charge in [0.2, 0.25) is 0 Å². The van der Waals surface area contributed by atoms with Crippen LogP contribution in [-0.4, -0.2) is 48.1 Å². The Morgan fingerprint density at radius 1 is 0.875 bits per heavy atom. The molecule has 6 heteroatoms. The van der Waals surface area contributed by atoms with Crippen LogP contribution in [0.5, 0.6) is 0 Å². The molecule has 0 unspecified atom stereocenters. The molecular formula is C18H17FN2O3. The fourth-order valence-corrected chi connectivity index (χ4v) is 2.80. The molecule has 5 nitrogen and oxygen atoms in total. The van der Waals surface area contributed by atoms with E-state index in [-0.39, 0.29) is 17.3 Å². The molecule has 0 atom stereocenters. The number of piperazine rings is 1. The van der Waals surface area contributed by atoms with E-state index < -0.39 is 5.97 Å². The summed E-state index contributed by atoms with van der Waals surface area (Å²) in [6.45, 7) is 2.10. The third-order valence-electron chi connectivity index (χ3n) is 4.14. The lowest BCUT2D eigenvalue weighted by molar-refractivity contribution is 0.0693. The monoisotopic (exact) mass is 328 g/mol. The van der Waals surface area contributed by atoms with E-state index in [1.165, 1.54) is 30.3 Å². The number of aromatic carboxylic acids is 1. The maximum atomic E-state index is 13.8. The normalized spacial score (nSPS) is 14.5. The molecule has 0 radical (unpaired) electrons. The van der Waals surface area contributed by atoms with Crippen LogP contribution < -0.4 is 4.90 Å². The van der Waals surface area contributed by atoms with Crippen LogP contribution in [0, 0.1) is 5.82 Å². The van der Waals surface area contributed by atoms with Gasteiger partial charge in [0.1, 0.15) is 5.82 Å². The number of carbonyl (C=O) groups excluding carboxylic acids is 1. The summed E-state index contributed by atoms with van der Waals surface area (Å²) in [5.41, 5.74) is 1.16. The Morgan fingerprint density at radius 3 is 2.04 bits per heavy atom. The molecular weight excluding hydrogens is 311 g/mol. The lowest BCUT2D eigenvalue weighted by atomic mass is 10.1. The molecule has 0 aliphatic carbocycles. The first kappa shape index (κ1) is 16.0. The minimum absolute atomic E-state index is 0.139. The second-order valence-electron chi connectivity index (χ2n) is 5.61. The Labute approximate surface area is 138 Å². The van der Waals surface area contributed by atoms with E-state index in [4.69, 9.17) is 5.11 Å². The van der Waals surface area contributed by atoms with Crippen LogP contribution in [0.1, 0.15) is 20.7 Å². The Balaban J connectivity index is 1.65. The van der Waals surface area contributed by atoms with Crippen molar-refractivity contribution in [2.45, 2.75) is 0 Å². The number of hydrogen-bond acceptors (Lipinski definition) is 3. The largest absolute Gasteiger partial charge is 0.478 e. The molecule has 0 spiro atoms. The van der Waals surface area contributed by atoms with E-state index in [2.05, 4.69) is 0 Å². The van der Waals surface area contributed by atoms with Crippen molar-refractivity contribution in [3.63, 3.8) is 0 Å². The first-order chi connectivity index (χ1) is 11.6. The van der Waals surface area contributed by atoms with E-state index in [1.54, 1.807) is 23.1 Å². The van der Waals surface area contributed by atoms with Gasteiger partial charge >= 0.3 is 5.97 Å². The highest BCUT2D eigenvalue weighted by Gasteiger charge is 2.23. The van der Waals surface area contributed by atoms with Gasteiger partial charge < -0.3 is 14.9 Å². The first-order valence-corrected chi connectivity index (χ1v) is 7.68. The topological polar surface area (TPSA) is 60.9 Å². The van der Waals surface area contributed by atoms with E-state index in [0.29, 0.717) is 37.4 Å². The van der Waals surface area contributed by atoms with Crippen LogP contribution in [0.4, 0.5) is 10.1 Å². The number of rotatable bonds is 3. The van der Waals surface area contributed by atoms with Crippen molar-refractivity contribution < 1.29 is 19.1 Å². The SMILES string of the molecule is O=C(O)c1ccc(C(=O)N2CCN(c3ccccc3F)CC2)cc1. The number of para-hydroxylation sites is 1. The number of carbonyl (C=O) groups is 2. The predicted octanol–water partition coefficient (Wildman–Crippen LogP) is 2.49. The van der Waals surface area contributed by atoms with Gasteiger partial charge in [0.05, 0.1) is 11.3 Å². The maximum absolute atomic E-state index is 13.8. The lowest BCUT2D eigenvalue weighted by Crippen LogP contribution is -2.49. The van der Waals surface area contributed by atoms with Crippen molar-refractivity contribution in [1.29, 1.82) is 0 Å². The Bertz CT molecular complexity index is 753. The summed E-state index contributed by atoms with van der Waals surface area (Å²) < 4.78 is 13.8. The zero-order valence-electron chi connectivity index (χ0n) is 13.0. The lowest BCUT2D eigenvalue weighted by Gasteiger charge is -2.36. The number of benzene rings is 2. The second kappa shape index (κ2) is 6.70. The van der Waals surface area contributed by atoms with Crippen molar-refractivity contribution in [2.24, 2.45) is 0 Å². The fraction of sp³-hybridized carbons (Fsp3) is 0.222. The molecule has 1 saturated heterocycles. The molecule has 1 amide bonds. The quantitative estimate of drug-likeness (QED) is 0.940. The summed E-state index contributed by atoms with van der Waals surface area (Å²) in [5, 5.41) is 8.89. The van der Waals surface area contributed by atoms with Crippen molar-refractivity contribution in [3.05, 3.63) is 65.5 Å². The average molecular weight is 328 g/mol. The highest BCUT2D eigenvalue weighted by Crippen LogP contribution is 2.20. The third-order valence-corrected chi connectivity index (χ3v) is 4.14. The summed E-state index contributed by atoms with van der Waals surface area (Å²) >= 11 is 0. The van der Waals surface area contributed by atoms with Crippen molar-refractivity contribution >= 4 is 17.6 Å². The molecule has 3 rings (SSSR count). The molecule has 24 heavy (non-hydrogen) atoms. The molecule has 1 aliphatic heterocycles. The predicted molar refractivity (Wildman–Crippen MR) is 87.9 cm³/mol. The number of carboxylic acids is 1. The van der Waals surface area contributed by atoms with E-state index in [0.717, 1.165) is 0 Å². The van der Waals surface area contributed by atoms with Gasteiger partial charge in [0.25, 0.3) is 5.91 Å². The third kappa shape index (κ3) is 3.22. The van der Waals surface area contributed by atoms with Gasteiger partial charge in [0, 0.05) is 31.7 Å². The second-order valence-corrected chi connectivity index (χ2v) is 5.61. The summed E-state index contributed by atoms with van der Waals surface area (Å²) in [6.07, 6.45) is 0. The van der Waals surface area contributed by atoms with Gasteiger partial charge in [-0.25, -0.2) is 9.18 Å². The molecule has 1 heterocycles. The zero-order valence-corrected chi connectivity index (χ0v) is 13.0. The van der Waals surface area contributed by atoms with Gasteiger partial charge in [0.15, 0.2) is 0 Å². The van der Waals surface area contributed by atoms with Crippen molar-refractivity contribution in [3.8, 4) is 0 Å².